The van der Waals surface area contributed by atoms with E-state index in [9.17, 15) is 9.90 Å². The second kappa shape index (κ2) is 7.68. The number of fused-ring (bicyclic) bond motifs is 1. The van der Waals surface area contributed by atoms with Gasteiger partial charge in [-0.25, -0.2) is 4.79 Å². The third-order valence-corrected chi connectivity index (χ3v) is 4.49. The molecule has 130 valence electrons. The number of carbonyl (C=O) groups excluding carboxylic acids is 1. The Morgan fingerprint density at radius 3 is 3.08 bits per heavy atom. The molecule has 0 radical (unpaired) electrons. The van der Waals surface area contributed by atoms with Crippen molar-refractivity contribution in [2.45, 2.75) is 32.0 Å². The van der Waals surface area contributed by atoms with Crippen molar-refractivity contribution >= 4 is 17.1 Å². The lowest BCUT2D eigenvalue weighted by Crippen LogP contribution is -2.49. The highest BCUT2D eigenvalue weighted by atomic mass is 16.7. The number of aliphatic hydroxyl groups excluding tert-OH is 1. The lowest BCUT2D eigenvalue weighted by atomic mass is 10.0. The van der Waals surface area contributed by atoms with Crippen molar-refractivity contribution in [1.29, 1.82) is 0 Å². The number of nitrogens with zero attached hydrogens (tertiary/aromatic N) is 1. The first kappa shape index (κ1) is 16.8. The molecular formula is C18H24N2O4. The Morgan fingerprint density at radius 1 is 1.42 bits per heavy atom. The van der Waals surface area contributed by atoms with Crippen LogP contribution in [0.4, 0.5) is 4.79 Å². The molecule has 0 bridgehead atoms. The number of hydrogen-bond donors (Lipinski definition) is 2. The van der Waals surface area contributed by atoms with E-state index in [0.717, 1.165) is 25.0 Å². The molecule has 1 aliphatic heterocycles. The third kappa shape index (κ3) is 3.88. The predicted molar refractivity (Wildman–Crippen MR) is 91.0 cm³/mol. The summed E-state index contributed by atoms with van der Waals surface area (Å²) in [6.07, 6.45) is 1.69. The number of carbonyl (C=O) groups is 1. The minimum absolute atomic E-state index is 0.270. The van der Waals surface area contributed by atoms with Crippen LogP contribution in [0.5, 0.6) is 0 Å². The van der Waals surface area contributed by atoms with E-state index >= 15 is 0 Å². The standard InChI is InChI=1S/C18H24N2O4/c1-2-23-18(22)24-17-12-20(10-8-16(17)21)9-7-13-11-19-15-6-4-3-5-14(13)15/h3-6,11,16-17,19,21H,2,7-10,12H2,1H3/t16-,17+/m1/s1. The summed E-state index contributed by atoms with van der Waals surface area (Å²) in [5, 5.41) is 11.3. The molecule has 24 heavy (non-hydrogen) atoms. The van der Waals surface area contributed by atoms with E-state index < -0.39 is 18.4 Å². The first-order valence-corrected chi connectivity index (χ1v) is 8.46. The monoisotopic (exact) mass is 332 g/mol. The molecule has 6 nitrogen and oxygen atoms in total. The number of H-pyrrole nitrogens is 1. The first-order chi connectivity index (χ1) is 11.7. The van der Waals surface area contributed by atoms with Crippen molar-refractivity contribution in [2.75, 3.05) is 26.2 Å². The van der Waals surface area contributed by atoms with Crippen molar-refractivity contribution in [3.8, 4) is 0 Å². The van der Waals surface area contributed by atoms with Gasteiger partial charge in [-0.15, -0.1) is 0 Å². The van der Waals surface area contributed by atoms with E-state index in [1.54, 1.807) is 6.92 Å². The Hall–Kier alpha value is -2.05. The summed E-state index contributed by atoms with van der Waals surface area (Å²) in [6, 6.07) is 8.25. The number of nitrogens with one attached hydrogen (secondary N) is 1. The van der Waals surface area contributed by atoms with Gasteiger partial charge >= 0.3 is 6.16 Å². The molecule has 1 saturated heterocycles. The van der Waals surface area contributed by atoms with Crippen LogP contribution in [0.2, 0.25) is 0 Å². The summed E-state index contributed by atoms with van der Waals surface area (Å²) in [7, 11) is 0. The average molecular weight is 332 g/mol. The van der Waals surface area contributed by atoms with Gasteiger partial charge in [0.15, 0.2) is 0 Å². The number of aromatic nitrogens is 1. The van der Waals surface area contributed by atoms with Crippen LogP contribution in [0.25, 0.3) is 10.9 Å². The Balaban J connectivity index is 1.56. The molecule has 0 spiro atoms. The molecule has 0 saturated carbocycles. The molecule has 6 heteroatoms. The van der Waals surface area contributed by atoms with Gasteiger partial charge in [-0.05, 0) is 31.4 Å². The maximum absolute atomic E-state index is 11.5. The van der Waals surface area contributed by atoms with Crippen LogP contribution < -0.4 is 0 Å². The number of aliphatic hydroxyl groups is 1. The van der Waals surface area contributed by atoms with E-state index in [1.165, 1.54) is 10.9 Å². The average Bonchev–Trinajstić information content (AvgIpc) is 2.99. The third-order valence-electron chi connectivity index (χ3n) is 4.49. The molecule has 2 heterocycles. The van der Waals surface area contributed by atoms with Crippen LogP contribution in [0, 0.1) is 0 Å². The lowest BCUT2D eigenvalue weighted by molar-refractivity contribution is -0.0670. The second-order valence-corrected chi connectivity index (χ2v) is 6.11. The van der Waals surface area contributed by atoms with Crippen LogP contribution >= 0.6 is 0 Å². The van der Waals surface area contributed by atoms with E-state index in [0.29, 0.717) is 13.0 Å². The molecule has 2 N–H and O–H groups in total. The highest BCUT2D eigenvalue weighted by Gasteiger charge is 2.31. The van der Waals surface area contributed by atoms with Crippen LogP contribution in [0.1, 0.15) is 18.9 Å². The molecule has 3 rings (SSSR count). The fourth-order valence-electron chi connectivity index (χ4n) is 3.18. The Morgan fingerprint density at radius 2 is 2.25 bits per heavy atom. The van der Waals surface area contributed by atoms with Crippen molar-refractivity contribution in [3.05, 3.63) is 36.0 Å². The Bertz CT molecular complexity index is 684. The predicted octanol–water partition coefficient (Wildman–Crippen LogP) is 2.32. The van der Waals surface area contributed by atoms with Gasteiger partial charge in [0.1, 0.15) is 6.10 Å². The van der Waals surface area contributed by atoms with Crippen molar-refractivity contribution in [2.24, 2.45) is 0 Å². The molecule has 1 aliphatic rings. The second-order valence-electron chi connectivity index (χ2n) is 6.11. The largest absolute Gasteiger partial charge is 0.508 e. The number of rotatable bonds is 5. The van der Waals surface area contributed by atoms with Crippen molar-refractivity contribution < 1.29 is 19.4 Å². The zero-order chi connectivity index (χ0) is 16.9. The summed E-state index contributed by atoms with van der Waals surface area (Å²) in [6.45, 7) is 4.18. The molecule has 2 aromatic rings. The first-order valence-electron chi connectivity index (χ1n) is 8.46. The van der Waals surface area contributed by atoms with Gasteiger partial charge in [0.25, 0.3) is 0 Å². The van der Waals surface area contributed by atoms with Gasteiger partial charge in [-0.3, -0.25) is 4.90 Å². The van der Waals surface area contributed by atoms with Crippen LogP contribution in [-0.2, 0) is 15.9 Å². The lowest BCUT2D eigenvalue weighted by Gasteiger charge is -2.35. The van der Waals surface area contributed by atoms with Gasteiger partial charge in [-0.2, -0.15) is 0 Å². The van der Waals surface area contributed by atoms with Gasteiger partial charge in [0, 0.05) is 36.7 Å². The topological polar surface area (TPSA) is 74.8 Å². The zero-order valence-electron chi connectivity index (χ0n) is 13.9. The normalized spacial score (nSPS) is 21.8. The molecule has 1 aromatic carbocycles. The maximum Gasteiger partial charge on any atom is 0.508 e. The Kier molecular flexibility index (Phi) is 5.37. The minimum atomic E-state index is -0.708. The number of ether oxygens (including phenoxy) is 2. The summed E-state index contributed by atoms with van der Waals surface area (Å²) in [5.41, 5.74) is 2.42. The van der Waals surface area contributed by atoms with Gasteiger partial charge in [-0.1, -0.05) is 18.2 Å². The maximum atomic E-state index is 11.5. The molecule has 0 unspecified atom stereocenters. The van der Waals surface area contributed by atoms with Crippen LogP contribution in [0.15, 0.2) is 30.5 Å². The highest BCUT2D eigenvalue weighted by molar-refractivity contribution is 5.83. The van der Waals surface area contributed by atoms with E-state index in [4.69, 9.17) is 9.47 Å². The summed E-state index contributed by atoms with van der Waals surface area (Å²) >= 11 is 0. The van der Waals surface area contributed by atoms with E-state index in [1.807, 2.05) is 12.1 Å². The number of para-hydroxylation sites is 1. The molecule has 1 aromatic heterocycles. The Labute approximate surface area is 141 Å². The minimum Gasteiger partial charge on any atom is -0.435 e. The fourth-order valence-corrected chi connectivity index (χ4v) is 3.18. The SMILES string of the molecule is CCOC(=O)O[C@H]1CN(CCc2c[nH]c3ccccc23)CC[C@H]1O. The van der Waals surface area contributed by atoms with Gasteiger partial charge in [0.2, 0.25) is 0 Å². The summed E-state index contributed by atoms with van der Waals surface area (Å²) in [5.74, 6) is 0. The van der Waals surface area contributed by atoms with Gasteiger partial charge in [0.05, 0.1) is 12.7 Å². The quantitative estimate of drug-likeness (QED) is 0.822. The number of piperidine rings is 1. The number of likely N-dealkylation sites (tertiary alicyclic amines) is 1. The van der Waals surface area contributed by atoms with Crippen molar-refractivity contribution in [3.63, 3.8) is 0 Å². The molecule has 0 aliphatic carbocycles. The zero-order valence-corrected chi connectivity index (χ0v) is 13.9. The van der Waals surface area contributed by atoms with Crippen LogP contribution in [-0.4, -0.2) is 59.6 Å². The van der Waals surface area contributed by atoms with E-state index in [-0.39, 0.29) is 6.61 Å². The summed E-state index contributed by atoms with van der Waals surface area (Å²) in [4.78, 5) is 17.0. The number of benzene rings is 1. The number of hydrogen-bond acceptors (Lipinski definition) is 5. The molecule has 0 amide bonds. The van der Waals surface area contributed by atoms with Gasteiger partial charge < -0.3 is 19.6 Å². The smallest absolute Gasteiger partial charge is 0.435 e. The highest BCUT2D eigenvalue weighted by Crippen LogP contribution is 2.20. The van der Waals surface area contributed by atoms with Crippen LogP contribution in [0.3, 0.4) is 0 Å². The summed E-state index contributed by atoms with van der Waals surface area (Å²) < 4.78 is 10.0. The van der Waals surface area contributed by atoms with E-state index in [2.05, 4.69) is 28.2 Å². The molecule has 1 fully saturated rings. The molecular weight excluding hydrogens is 308 g/mol. The fraction of sp³-hybridized carbons (Fsp3) is 0.500. The molecule has 2 atom stereocenters. The number of aromatic amines is 1. The van der Waals surface area contributed by atoms with Crippen molar-refractivity contribution in [1.82, 2.24) is 9.88 Å².